The molecule has 0 unspecified atom stereocenters. The van der Waals surface area contributed by atoms with E-state index in [1.165, 1.54) is 6.42 Å². The topological polar surface area (TPSA) is 85.9 Å². The third kappa shape index (κ3) is 3.13. The number of carbonyl (C=O) groups is 1. The molecule has 0 saturated carbocycles. The number of urea groups is 1. The van der Waals surface area contributed by atoms with Gasteiger partial charge < -0.3 is 10.2 Å². The summed E-state index contributed by atoms with van der Waals surface area (Å²) < 4.78 is 0. The van der Waals surface area contributed by atoms with E-state index in [4.69, 9.17) is 0 Å². The number of aromatic nitrogens is 3. The number of aromatic amines is 1. The molecule has 0 spiro atoms. The van der Waals surface area contributed by atoms with Crippen LogP contribution in [0.2, 0.25) is 0 Å². The molecule has 3 heterocycles. The third-order valence-electron chi connectivity index (χ3n) is 4.47. The zero-order valence-corrected chi connectivity index (χ0v) is 14.0. The Hall–Kier alpha value is -3.09. The van der Waals surface area contributed by atoms with Gasteiger partial charge in [0, 0.05) is 25.4 Å². The first-order chi connectivity index (χ1) is 12.2. The summed E-state index contributed by atoms with van der Waals surface area (Å²) in [6, 6.07) is 11.3. The summed E-state index contributed by atoms with van der Waals surface area (Å²) >= 11 is 0. The predicted octanol–water partition coefficient (Wildman–Crippen LogP) is 3.05. The summed E-state index contributed by atoms with van der Waals surface area (Å²) in [6.45, 7) is 4.00. The van der Waals surface area contributed by atoms with Crippen molar-refractivity contribution in [2.24, 2.45) is 0 Å². The van der Waals surface area contributed by atoms with Gasteiger partial charge in [-0.3, -0.25) is 10.4 Å². The molecule has 4 rings (SSSR count). The number of hydrogen-bond donors (Lipinski definition) is 3. The van der Waals surface area contributed by atoms with Crippen molar-refractivity contribution in [1.82, 2.24) is 20.5 Å². The van der Waals surface area contributed by atoms with Crippen LogP contribution in [0.3, 0.4) is 0 Å². The minimum atomic E-state index is -0.286. The van der Waals surface area contributed by atoms with E-state index in [1.54, 1.807) is 12.3 Å². The van der Waals surface area contributed by atoms with Gasteiger partial charge in [-0.05, 0) is 18.9 Å². The van der Waals surface area contributed by atoms with Crippen LogP contribution in [-0.2, 0) is 0 Å². The molecule has 1 fully saturated rings. The monoisotopic (exact) mass is 336 g/mol. The van der Waals surface area contributed by atoms with E-state index in [1.807, 2.05) is 37.3 Å². The fraction of sp³-hybridized carbons (Fsp3) is 0.278. The molecule has 7 heteroatoms. The van der Waals surface area contributed by atoms with Gasteiger partial charge in [0.05, 0.1) is 16.9 Å². The summed E-state index contributed by atoms with van der Waals surface area (Å²) in [5.41, 5.74) is 1.91. The minimum Gasteiger partial charge on any atom is -0.354 e. The van der Waals surface area contributed by atoms with Gasteiger partial charge >= 0.3 is 6.03 Å². The van der Waals surface area contributed by atoms with Crippen LogP contribution < -0.4 is 15.5 Å². The summed E-state index contributed by atoms with van der Waals surface area (Å²) in [6.07, 6.45) is 2.95. The van der Waals surface area contributed by atoms with Crippen molar-refractivity contribution in [2.45, 2.75) is 19.4 Å². The summed E-state index contributed by atoms with van der Waals surface area (Å²) in [5.74, 6) is 1.42. The van der Waals surface area contributed by atoms with Crippen LogP contribution in [0.15, 0.2) is 42.6 Å². The van der Waals surface area contributed by atoms with Crippen LogP contribution in [0, 0.1) is 0 Å². The summed E-state index contributed by atoms with van der Waals surface area (Å²) in [5, 5.41) is 14.0. The number of benzene rings is 1. The number of pyridine rings is 1. The maximum atomic E-state index is 12.2. The molecule has 2 amide bonds. The second kappa shape index (κ2) is 6.43. The lowest BCUT2D eigenvalue weighted by molar-refractivity contribution is 0.249. The smallest absolute Gasteiger partial charge is 0.320 e. The third-order valence-corrected chi connectivity index (χ3v) is 4.47. The van der Waals surface area contributed by atoms with Crippen LogP contribution in [0.25, 0.3) is 10.9 Å². The van der Waals surface area contributed by atoms with E-state index < -0.39 is 0 Å². The van der Waals surface area contributed by atoms with Crippen LogP contribution in [-0.4, -0.2) is 34.3 Å². The number of hydrogen-bond acceptors (Lipinski definition) is 4. The second-order valence-corrected chi connectivity index (χ2v) is 6.23. The maximum Gasteiger partial charge on any atom is 0.320 e. The van der Waals surface area contributed by atoms with Gasteiger partial charge in [-0.25, -0.2) is 9.78 Å². The highest BCUT2D eigenvalue weighted by molar-refractivity contribution is 5.94. The molecule has 1 aromatic carbocycles. The average molecular weight is 336 g/mol. The fourth-order valence-corrected chi connectivity index (χ4v) is 2.91. The molecule has 1 aliphatic rings. The van der Waals surface area contributed by atoms with Crippen molar-refractivity contribution in [1.29, 1.82) is 0 Å². The lowest BCUT2D eigenvalue weighted by Crippen LogP contribution is -2.37. The molecule has 0 aliphatic carbocycles. The van der Waals surface area contributed by atoms with Crippen molar-refractivity contribution in [2.75, 3.05) is 23.3 Å². The summed E-state index contributed by atoms with van der Waals surface area (Å²) in [4.78, 5) is 18.8. The molecule has 2 aromatic heterocycles. The zero-order valence-electron chi connectivity index (χ0n) is 14.0. The number of anilines is 2. The molecule has 3 aromatic rings. The van der Waals surface area contributed by atoms with Gasteiger partial charge in [-0.15, -0.1) is 0 Å². The van der Waals surface area contributed by atoms with Gasteiger partial charge in [0.1, 0.15) is 5.82 Å². The number of carbonyl (C=O) groups excluding carboxylic acids is 1. The van der Waals surface area contributed by atoms with Crippen LogP contribution >= 0.6 is 0 Å². The minimum absolute atomic E-state index is 0.0879. The molecular weight excluding hydrogens is 316 g/mol. The van der Waals surface area contributed by atoms with Crippen molar-refractivity contribution >= 4 is 28.6 Å². The van der Waals surface area contributed by atoms with Crippen molar-refractivity contribution in [3.8, 4) is 0 Å². The lowest BCUT2D eigenvalue weighted by Gasteiger charge is -2.30. The Balaban J connectivity index is 1.44. The van der Waals surface area contributed by atoms with E-state index in [0.29, 0.717) is 5.82 Å². The first kappa shape index (κ1) is 15.4. The van der Waals surface area contributed by atoms with Gasteiger partial charge in [-0.2, -0.15) is 5.10 Å². The molecule has 1 atom stereocenters. The van der Waals surface area contributed by atoms with Gasteiger partial charge in [0.25, 0.3) is 0 Å². The van der Waals surface area contributed by atoms with Gasteiger partial charge in [0.15, 0.2) is 5.82 Å². The van der Waals surface area contributed by atoms with Crippen molar-refractivity contribution in [3.05, 3.63) is 48.2 Å². The first-order valence-corrected chi connectivity index (χ1v) is 8.42. The SMILES string of the molecule is C[C@@H](NC(=O)Nc1cc2[nH]nc(N3CCC3)c2cn1)c1ccccc1. The molecule has 0 radical (unpaired) electrons. The van der Waals surface area contributed by atoms with Crippen LogP contribution in [0.5, 0.6) is 0 Å². The van der Waals surface area contributed by atoms with Gasteiger partial charge in [-0.1, -0.05) is 30.3 Å². The van der Waals surface area contributed by atoms with Crippen molar-refractivity contribution in [3.63, 3.8) is 0 Å². The molecule has 7 nitrogen and oxygen atoms in total. The summed E-state index contributed by atoms with van der Waals surface area (Å²) in [7, 11) is 0. The van der Waals surface area contributed by atoms with Crippen LogP contribution in [0.4, 0.5) is 16.4 Å². The van der Waals surface area contributed by atoms with Crippen molar-refractivity contribution < 1.29 is 4.79 Å². The Kier molecular flexibility index (Phi) is 3.97. The van der Waals surface area contributed by atoms with E-state index in [9.17, 15) is 4.79 Å². The Morgan fingerprint density at radius 1 is 1.28 bits per heavy atom. The van der Waals surface area contributed by atoms with E-state index in [0.717, 1.165) is 35.4 Å². The molecule has 3 N–H and O–H groups in total. The number of rotatable bonds is 4. The fourth-order valence-electron chi connectivity index (χ4n) is 2.91. The predicted molar refractivity (Wildman–Crippen MR) is 97.7 cm³/mol. The number of H-pyrrole nitrogens is 1. The Bertz CT molecular complexity index is 887. The highest BCUT2D eigenvalue weighted by Gasteiger charge is 2.20. The van der Waals surface area contributed by atoms with Gasteiger partial charge in [0.2, 0.25) is 0 Å². The Labute approximate surface area is 145 Å². The molecule has 25 heavy (non-hydrogen) atoms. The second-order valence-electron chi connectivity index (χ2n) is 6.23. The highest BCUT2D eigenvalue weighted by atomic mass is 16.2. The Morgan fingerprint density at radius 3 is 2.80 bits per heavy atom. The first-order valence-electron chi connectivity index (χ1n) is 8.42. The molecule has 1 saturated heterocycles. The number of amides is 2. The Morgan fingerprint density at radius 2 is 2.08 bits per heavy atom. The maximum absolute atomic E-state index is 12.2. The molecule has 128 valence electrons. The van der Waals surface area contributed by atoms with E-state index in [-0.39, 0.29) is 12.1 Å². The zero-order chi connectivity index (χ0) is 17.2. The highest BCUT2D eigenvalue weighted by Crippen LogP contribution is 2.27. The largest absolute Gasteiger partial charge is 0.354 e. The normalized spacial score (nSPS) is 14.8. The molecule has 0 bridgehead atoms. The lowest BCUT2D eigenvalue weighted by atomic mass is 10.1. The average Bonchev–Trinajstić information content (AvgIpc) is 2.97. The number of fused-ring (bicyclic) bond motifs is 1. The number of nitrogens with zero attached hydrogens (tertiary/aromatic N) is 3. The van der Waals surface area contributed by atoms with Crippen LogP contribution in [0.1, 0.15) is 24.9 Å². The van der Waals surface area contributed by atoms with E-state index >= 15 is 0 Å². The number of nitrogens with one attached hydrogen (secondary N) is 3. The quantitative estimate of drug-likeness (QED) is 0.683. The standard InChI is InChI=1S/C18H20N6O/c1-12(13-6-3-2-4-7-13)20-18(25)21-16-10-15-14(11-19-16)17(23-22-15)24-8-5-9-24/h2-4,6-7,10-12H,5,8-9H2,1H3,(H,22,23)(H2,19,20,21,25)/t12-/m1/s1. The molecule has 1 aliphatic heterocycles. The molecular formula is C18H20N6O. The van der Waals surface area contributed by atoms with E-state index in [2.05, 4.69) is 30.7 Å².